The van der Waals surface area contributed by atoms with Gasteiger partial charge in [-0.1, -0.05) is 11.8 Å². The molecule has 2 unspecified atom stereocenters. The summed E-state index contributed by atoms with van der Waals surface area (Å²) in [5.74, 6) is 4.74. The van der Waals surface area contributed by atoms with E-state index in [1.165, 1.54) is 18.2 Å². The second-order valence-electron chi connectivity index (χ2n) is 5.03. The Labute approximate surface area is 123 Å². The minimum Gasteiger partial charge on any atom is -0.395 e. The third-order valence-electron chi connectivity index (χ3n) is 3.27. The van der Waals surface area contributed by atoms with Crippen molar-refractivity contribution in [3.8, 4) is 11.8 Å². The van der Waals surface area contributed by atoms with E-state index in [-0.39, 0.29) is 24.5 Å². The second kappa shape index (κ2) is 7.21. The number of ether oxygens (including phenoxy) is 1. The summed E-state index contributed by atoms with van der Waals surface area (Å²) < 4.78 is 18.7. The standard InChI is InChI=1S/C16H18FNO3/c1-11-8-13(10-21-11)16(20)18-15-6-5-14(17)9-12(15)4-2-3-7-19/h5-6,9,11,13,19H,3,7-8,10H2,1H3,(H,18,20). The Bertz CT molecular complexity index is 577. The predicted molar refractivity (Wildman–Crippen MR) is 77.1 cm³/mol. The molecule has 0 bridgehead atoms. The molecule has 2 rings (SSSR count). The maximum Gasteiger partial charge on any atom is 0.229 e. The van der Waals surface area contributed by atoms with Crippen LogP contribution in [0.15, 0.2) is 18.2 Å². The first-order valence-electron chi connectivity index (χ1n) is 6.92. The van der Waals surface area contributed by atoms with E-state index in [2.05, 4.69) is 17.2 Å². The highest BCUT2D eigenvalue weighted by atomic mass is 19.1. The van der Waals surface area contributed by atoms with E-state index in [1.807, 2.05) is 6.92 Å². The molecule has 0 radical (unpaired) electrons. The number of aliphatic hydroxyl groups is 1. The number of benzene rings is 1. The zero-order chi connectivity index (χ0) is 15.2. The number of anilines is 1. The van der Waals surface area contributed by atoms with Crippen LogP contribution in [0.3, 0.4) is 0 Å². The number of hydrogen-bond acceptors (Lipinski definition) is 3. The van der Waals surface area contributed by atoms with Crippen molar-refractivity contribution < 1.29 is 19.0 Å². The molecule has 2 atom stereocenters. The Balaban J connectivity index is 2.12. The molecule has 21 heavy (non-hydrogen) atoms. The fourth-order valence-electron chi connectivity index (χ4n) is 2.18. The lowest BCUT2D eigenvalue weighted by Gasteiger charge is -2.11. The number of rotatable bonds is 3. The molecule has 112 valence electrons. The monoisotopic (exact) mass is 291 g/mol. The number of carbonyl (C=O) groups excluding carboxylic acids is 1. The zero-order valence-electron chi connectivity index (χ0n) is 11.9. The summed E-state index contributed by atoms with van der Waals surface area (Å²) in [7, 11) is 0. The van der Waals surface area contributed by atoms with Gasteiger partial charge in [-0.2, -0.15) is 0 Å². The summed E-state index contributed by atoms with van der Waals surface area (Å²) in [6.45, 7) is 2.28. The molecule has 1 fully saturated rings. The number of nitrogens with one attached hydrogen (secondary N) is 1. The number of amides is 1. The Morgan fingerprint density at radius 2 is 2.38 bits per heavy atom. The normalized spacial score (nSPS) is 20.7. The summed E-state index contributed by atoms with van der Waals surface area (Å²) in [5.41, 5.74) is 0.884. The van der Waals surface area contributed by atoms with Gasteiger partial charge in [-0.05, 0) is 31.5 Å². The summed E-state index contributed by atoms with van der Waals surface area (Å²) in [4.78, 5) is 12.2. The van der Waals surface area contributed by atoms with Crippen molar-refractivity contribution in [3.63, 3.8) is 0 Å². The van der Waals surface area contributed by atoms with Crippen LogP contribution in [0.5, 0.6) is 0 Å². The number of halogens is 1. The van der Waals surface area contributed by atoms with Gasteiger partial charge in [-0.25, -0.2) is 4.39 Å². The van der Waals surface area contributed by atoms with E-state index in [0.717, 1.165) is 0 Å². The van der Waals surface area contributed by atoms with E-state index >= 15 is 0 Å². The van der Waals surface area contributed by atoms with Crippen molar-refractivity contribution in [3.05, 3.63) is 29.6 Å². The zero-order valence-corrected chi connectivity index (χ0v) is 11.9. The minimum absolute atomic E-state index is 0.0543. The number of aliphatic hydroxyl groups excluding tert-OH is 1. The van der Waals surface area contributed by atoms with Gasteiger partial charge in [0.25, 0.3) is 0 Å². The summed E-state index contributed by atoms with van der Waals surface area (Å²) >= 11 is 0. The maximum atomic E-state index is 13.3. The highest BCUT2D eigenvalue weighted by Crippen LogP contribution is 2.22. The summed E-state index contributed by atoms with van der Waals surface area (Å²) in [5, 5.41) is 11.5. The van der Waals surface area contributed by atoms with Gasteiger partial charge in [0, 0.05) is 6.42 Å². The van der Waals surface area contributed by atoms with E-state index in [0.29, 0.717) is 30.7 Å². The van der Waals surface area contributed by atoms with E-state index in [4.69, 9.17) is 9.84 Å². The third kappa shape index (κ3) is 4.28. The number of carbonyl (C=O) groups is 1. The van der Waals surface area contributed by atoms with Crippen molar-refractivity contribution in [2.45, 2.75) is 25.9 Å². The SMILES string of the molecule is CC1CC(C(=O)Nc2ccc(F)cc2C#CCCO)CO1. The largest absolute Gasteiger partial charge is 0.395 e. The second-order valence-corrected chi connectivity index (χ2v) is 5.03. The van der Waals surface area contributed by atoms with Gasteiger partial charge in [0.2, 0.25) is 5.91 Å². The van der Waals surface area contributed by atoms with Crippen LogP contribution >= 0.6 is 0 Å². The van der Waals surface area contributed by atoms with Crippen molar-refractivity contribution in [2.75, 3.05) is 18.5 Å². The van der Waals surface area contributed by atoms with Gasteiger partial charge in [0.1, 0.15) is 5.82 Å². The Morgan fingerprint density at radius 3 is 3.05 bits per heavy atom. The molecule has 1 aliphatic heterocycles. The molecule has 0 saturated carbocycles. The fraction of sp³-hybridized carbons (Fsp3) is 0.438. The van der Waals surface area contributed by atoms with Crippen LogP contribution in [0.1, 0.15) is 25.3 Å². The van der Waals surface area contributed by atoms with Crippen molar-refractivity contribution in [1.82, 2.24) is 0 Å². The molecule has 0 aromatic heterocycles. The molecule has 5 heteroatoms. The van der Waals surface area contributed by atoms with Crippen LogP contribution in [0, 0.1) is 23.6 Å². The molecule has 1 aliphatic rings. The highest BCUT2D eigenvalue weighted by molar-refractivity contribution is 5.94. The fourth-order valence-corrected chi connectivity index (χ4v) is 2.18. The van der Waals surface area contributed by atoms with Crippen LogP contribution in [0.2, 0.25) is 0 Å². The summed E-state index contributed by atoms with van der Waals surface area (Å²) in [6.07, 6.45) is 1.06. The topological polar surface area (TPSA) is 58.6 Å². The highest BCUT2D eigenvalue weighted by Gasteiger charge is 2.28. The van der Waals surface area contributed by atoms with Gasteiger partial charge in [0.05, 0.1) is 36.5 Å². The van der Waals surface area contributed by atoms with Gasteiger partial charge in [0.15, 0.2) is 0 Å². The van der Waals surface area contributed by atoms with Gasteiger partial charge in [-0.3, -0.25) is 4.79 Å². The quantitative estimate of drug-likeness (QED) is 0.837. The lowest BCUT2D eigenvalue weighted by Crippen LogP contribution is -2.23. The maximum absolute atomic E-state index is 13.3. The van der Waals surface area contributed by atoms with Crippen LogP contribution < -0.4 is 5.32 Å². The average molecular weight is 291 g/mol. The van der Waals surface area contributed by atoms with Crippen LogP contribution in [-0.2, 0) is 9.53 Å². The van der Waals surface area contributed by atoms with Crippen LogP contribution in [0.25, 0.3) is 0 Å². The first-order chi connectivity index (χ1) is 10.1. The molecule has 1 saturated heterocycles. The minimum atomic E-state index is -0.417. The molecule has 2 N–H and O–H groups in total. The number of hydrogen-bond donors (Lipinski definition) is 2. The molecule has 1 amide bonds. The Hall–Kier alpha value is -1.90. The van der Waals surface area contributed by atoms with E-state index in [9.17, 15) is 9.18 Å². The van der Waals surface area contributed by atoms with E-state index in [1.54, 1.807) is 0 Å². The third-order valence-corrected chi connectivity index (χ3v) is 3.27. The summed E-state index contributed by atoms with van der Waals surface area (Å²) in [6, 6.07) is 4.05. The van der Waals surface area contributed by atoms with Crippen LogP contribution in [-0.4, -0.2) is 30.3 Å². The Kier molecular flexibility index (Phi) is 5.32. The lowest BCUT2D eigenvalue weighted by molar-refractivity contribution is -0.119. The lowest BCUT2D eigenvalue weighted by atomic mass is 10.0. The van der Waals surface area contributed by atoms with Gasteiger partial charge in [-0.15, -0.1) is 0 Å². The predicted octanol–water partition coefficient (Wildman–Crippen LogP) is 1.92. The molecule has 1 aromatic rings. The first kappa shape index (κ1) is 15.5. The molecule has 1 heterocycles. The molecule has 0 spiro atoms. The van der Waals surface area contributed by atoms with Crippen molar-refractivity contribution >= 4 is 11.6 Å². The first-order valence-corrected chi connectivity index (χ1v) is 6.92. The molecule has 1 aromatic carbocycles. The molecule has 4 nitrogen and oxygen atoms in total. The smallest absolute Gasteiger partial charge is 0.229 e. The molecular weight excluding hydrogens is 273 g/mol. The average Bonchev–Trinajstić information content (AvgIpc) is 2.88. The molecule has 0 aliphatic carbocycles. The Morgan fingerprint density at radius 1 is 1.57 bits per heavy atom. The van der Waals surface area contributed by atoms with Crippen molar-refractivity contribution in [1.29, 1.82) is 0 Å². The van der Waals surface area contributed by atoms with Crippen LogP contribution in [0.4, 0.5) is 10.1 Å². The molecular formula is C16H18FNO3. The van der Waals surface area contributed by atoms with E-state index < -0.39 is 5.82 Å². The van der Waals surface area contributed by atoms with Crippen molar-refractivity contribution in [2.24, 2.45) is 5.92 Å². The van der Waals surface area contributed by atoms with Gasteiger partial charge < -0.3 is 15.2 Å². The van der Waals surface area contributed by atoms with Gasteiger partial charge >= 0.3 is 0 Å².